The van der Waals surface area contributed by atoms with Crippen LogP contribution in [0.1, 0.15) is 31.4 Å². The number of aliphatic hydroxyl groups is 1. The minimum Gasteiger partial charge on any atom is -0.388 e. The van der Waals surface area contributed by atoms with Crippen LogP contribution in [-0.4, -0.2) is 31.3 Å². The van der Waals surface area contributed by atoms with Crippen LogP contribution in [0.3, 0.4) is 0 Å². The van der Waals surface area contributed by atoms with Crippen LogP contribution >= 0.6 is 11.8 Å². The zero-order valence-corrected chi connectivity index (χ0v) is 12.4. The van der Waals surface area contributed by atoms with Crippen molar-refractivity contribution < 1.29 is 13.5 Å². The van der Waals surface area contributed by atoms with Crippen LogP contribution in [0.15, 0.2) is 29.2 Å². The summed E-state index contributed by atoms with van der Waals surface area (Å²) in [5.41, 5.74) is 0.849. The highest BCUT2D eigenvalue weighted by Crippen LogP contribution is 2.22. The van der Waals surface area contributed by atoms with Crippen molar-refractivity contribution >= 4 is 21.6 Å². The van der Waals surface area contributed by atoms with Crippen LogP contribution in [0.4, 0.5) is 0 Å². The summed E-state index contributed by atoms with van der Waals surface area (Å²) < 4.78 is 22.6. The van der Waals surface area contributed by atoms with Gasteiger partial charge in [-0.25, -0.2) is 8.42 Å². The first-order valence-electron chi connectivity index (χ1n) is 6.01. The monoisotopic (exact) mass is 288 g/mol. The van der Waals surface area contributed by atoms with Crippen LogP contribution in [0, 0.1) is 0 Å². The van der Waals surface area contributed by atoms with Gasteiger partial charge in [-0.15, -0.1) is 11.8 Å². The van der Waals surface area contributed by atoms with E-state index in [2.05, 4.69) is 0 Å². The number of hydrogen-bond donors (Lipinski definition) is 1. The van der Waals surface area contributed by atoms with E-state index in [4.69, 9.17) is 0 Å². The molecule has 102 valence electrons. The molecule has 0 aromatic heterocycles. The normalized spacial score (nSPS) is 13.5. The molecule has 1 aromatic rings. The molecule has 0 saturated carbocycles. The Bertz CT molecular complexity index is 452. The van der Waals surface area contributed by atoms with Crippen LogP contribution in [-0.2, 0) is 9.84 Å². The molecule has 0 aliphatic rings. The SMILES string of the molecule is CCS(=O)(=O)CCCC(O)c1ccc(SC)cc1. The van der Waals surface area contributed by atoms with Gasteiger partial charge in [-0.1, -0.05) is 19.1 Å². The molecule has 0 aliphatic heterocycles. The molecule has 18 heavy (non-hydrogen) atoms. The fourth-order valence-corrected chi connectivity index (χ4v) is 2.94. The molecule has 1 aromatic carbocycles. The standard InChI is InChI=1S/C13H20O3S2/c1-3-18(15,16)10-4-5-13(14)11-6-8-12(17-2)9-7-11/h6-9,13-14H,3-5,10H2,1-2H3. The molecule has 0 amide bonds. The van der Waals surface area contributed by atoms with Gasteiger partial charge in [0.1, 0.15) is 9.84 Å². The fourth-order valence-electron chi connectivity index (χ4n) is 1.63. The van der Waals surface area contributed by atoms with E-state index in [0.29, 0.717) is 12.8 Å². The molecule has 3 nitrogen and oxygen atoms in total. The topological polar surface area (TPSA) is 54.4 Å². The lowest BCUT2D eigenvalue weighted by atomic mass is 10.1. The van der Waals surface area contributed by atoms with E-state index in [1.807, 2.05) is 30.5 Å². The quantitative estimate of drug-likeness (QED) is 0.784. The molecule has 0 bridgehead atoms. The molecule has 0 aliphatic carbocycles. The predicted octanol–water partition coefficient (Wildman–Crippen LogP) is 2.66. The number of hydrogen-bond acceptors (Lipinski definition) is 4. The van der Waals surface area contributed by atoms with Gasteiger partial charge in [0, 0.05) is 10.6 Å². The summed E-state index contributed by atoms with van der Waals surface area (Å²) in [5, 5.41) is 9.95. The van der Waals surface area contributed by atoms with Crippen molar-refractivity contribution in [2.45, 2.75) is 30.8 Å². The minimum atomic E-state index is -2.92. The van der Waals surface area contributed by atoms with Crippen molar-refractivity contribution in [3.63, 3.8) is 0 Å². The second kappa shape index (κ2) is 7.16. The van der Waals surface area contributed by atoms with Crippen molar-refractivity contribution in [3.8, 4) is 0 Å². The third-order valence-corrected chi connectivity index (χ3v) is 5.41. The van der Waals surface area contributed by atoms with Gasteiger partial charge in [-0.2, -0.15) is 0 Å². The van der Waals surface area contributed by atoms with Gasteiger partial charge < -0.3 is 5.11 Å². The molecular formula is C13H20O3S2. The first kappa shape index (κ1) is 15.5. The summed E-state index contributed by atoms with van der Waals surface area (Å²) in [5.74, 6) is 0.328. The van der Waals surface area contributed by atoms with Crippen molar-refractivity contribution in [1.82, 2.24) is 0 Å². The summed E-state index contributed by atoms with van der Waals surface area (Å²) in [6.45, 7) is 1.65. The largest absolute Gasteiger partial charge is 0.388 e. The summed E-state index contributed by atoms with van der Waals surface area (Å²) in [6.07, 6.45) is 2.41. The summed E-state index contributed by atoms with van der Waals surface area (Å²) in [4.78, 5) is 1.15. The van der Waals surface area contributed by atoms with E-state index < -0.39 is 15.9 Å². The number of sulfone groups is 1. The van der Waals surface area contributed by atoms with Crippen LogP contribution in [0.5, 0.6) is 0 Å². The molecular weight excluding hydrogens is 268 g/mol. The molecule has 0 saturated heterocycles. The Labute approximate surface area is 114 Å². The summed E-state index contributed by atoms with van der Waals surface area (Å²) in [6, 6.07) is 7.72. The Morgan fingerprint density at radius 1 is 1.28 bits per heavy atom. The third-order valence-electron chi connectivity index (χ3n) is 2.87. The Morgan fingerprint density at radius 2 is 1.89 bits per heavy atom. The van der Waals surface area contributed by atoms with E-state index in [0.717, 1.165) is 10.5 Å². The maximum atomic E-state index is 11.3. The van der Waals surface area contributed by atoms with Crippen LogP contribution in [0.2, 0.25) is 0 Å². The maximum Gasteiger partial charge on any atom is 0.150 e. The van der Waals surface area contributed by atoms with Gasteiger partial charge in [-0.05, 0) is 36.8 Å². The molecule has 1 N–H and O–H groups in total. The number of rotatable bonds is 7. The Hall–Kier alpha value is -0.520. The number of benzene rings is 1. The average molecular weight is 288 g/mol. The molecule has 0 heterocycles. The van der Waals surface area contributed by atoms with Gasteiger partial charge in [0.2, 0.25) is 0 Å². The van der Waals surface area contributed by atoms with Crippen molar-refractivity contribution in [3.05, 3.63) is 29.8 Å². The zero-order valence-electron chi connectivity index (χ0n) is 10.8. The highest BCUT2D eigenvalue weighted by atomic mass is 32.2. The Balaban J connectivity index is 2.47. The fraction of sp³-hybridized carbons (Fsp3) is 0.538. The smallest absolute Gasteiger partial charge is 0.150 e. The molecule has 1 atom stereocenters. The van der Waals surface area contributed by atoms with Gasteiger partial charge in [0.05, 0.1) is 11.9 Å². The Kier molecular flexibility index (Phi) is 6.18. The van der Waals surface area contributed by atoms with Gasteiger partial charge in [0.25, 0.3) is 0 Å². The first-order chi connectivity index (χ1) is 8.48. The van der Waals surface area contributed by atoms with Crippen molar-refractivity contribution in [2.24, 2.45) is 0 Å². The van der Waals surface area contributed by atoms with E-state index >= 15 is 0 Å². The van der Waals surface area contributed by atoms with E-state index in [-0.39, 0.29) is 11.5 Å². The number of thioether (sulfide) groups is 1. The van der Waals surface area contributed by atoms with Gasteiger partial charge >= 0.3 is 0 Å². The zero-order chi connectivity index (χ0) is 13.6. The second-order valence-corrected chi connectivity index (χ2v) is 7.52. The molecule has 1 rings (SSSR count). The van der Waals surface area contributed by atoms with Crippen LogP contribution in [0.25, 0.3) is 0 Å². The highest BCUT2D eigenvalue weighted by molar-refractivity contribution is 7.98. The number of aliphatic hydroxyl groups excluding tert-OH is 1. The van der Waals surface area contributed by atoms with E-state index in [9.17, 15) is 13.5 Å². The van der Waals surface area contributed by atoms with Crippen molar-refractivity contribution in [2.75, 3.05) is 17.8 Å². The lowest BCUT2D eigenvalue weighted by Crippen LogP contribution is -2.10. The van der Waals surface area contributed by atoms with Gasteiger partial charge in [0.15, 0.2) is 0 Å². The van der Waals surface area contributed by atoms with Crippen LogP contribution < -0.4 is 0 Å². The lowest BCUT2D eigenvalue weighted by Gasteiger charge is -2.11. The maximum absolute atomic E-state index is 11.3. The first-order valence-corrected chi connectivity index (χ1v) is 9.05. The molecule has 0 spiro atoms. The second-order valence-electron chi connectivity index (χ2n) is 4.17. The minimum absolute atomic E-state index is 0.156. The molecule has 0 fully saturated rings. The summed E-state index contributed by atoms with van der Waals surface area (Å²) in [7, 11) is -2.92. The van der Waals surface area contributed by atoms with Crippen molar-refractivity contribution in [1.29, 1.82) is 0 Å². The third kappa shape index (κ3) is 5.00. The predicted molar refractivity (Wildman–Crippen MR) is 76.7 cm³/mol. The van der Waals surface area contributed by atoms with E-state index in [1.54, 1.807) is 18.7 Å². The molecule has 5 heteroatoms. The van der Waals surface area contributed by atoms with Gasteiger partial charge in [-0.3, -0.25) is 0 Å². The highest BCUT2D eigenvalue weighted by Gasteiger charge is 2.11. The van der Waals surface area contributed by atoms with E-state index in [1.165, 1.54) is 0 Å². The average Bonchev–Trinajstić information content (AvgIpc) is 2.38. The Morgan fingerprint density at radius 3 is 2.39 bits per heavy atom. The summed E-state index contributed by atoms with van der Waals surface area (Å²) >= 11 is 1.65. The molecule has 0 radical (unpaired) electrons. The lowest BCUT2D eigenvalue weighted by molar-refractivity contribution is 0.166. The molecule has 1 unspecified atom stereocenters.